The zero-order valence-electron chi connectivity index (χ0n) is 11.1. The van der Waals surface area contributed by atoms with Crippen LogP contribution in [0.25, 0.3) is 4.85 Å². The number of cyclic esters (lactones) is 1. The molecule has 106 valence electrons. The number of hydrogen-bond acceptors (Lipinski definition) is 4. The third-order valence-electron chi connectivity index (χ3n) is 3.39. The van der Waals surface area contributed by atoms with Crippen molar-refractivity contribution in [1.82, 2.24) is 0 Å². The van der Waals surface area contributed by atoms with Crippen LogP contribution in [0.15, 0.2) is 29.2 Å². The molecule has 1 fully saturated rings. The van der Waals surface area contributed by atoms with Crippen molar-refractivity contribution in [2.75, 3.05) is 6.61 Å². The maximum atomic E-state index is 12.6. The molecule has 0 aromatic heterocycles. The molecule has 1 unspecified atom stereocenters. The highest BCUT2D eigenvalue weighted by molar-refractivity contribution is 7.92. The Morgan fingerprint density at radius 2 is 2.00 bits per heavy atom. The van der Waals surface area contributed by atoms with E-state index in [1.165, 1.54) is 24.3 Å². The van der Waals surface area contributed by atoms with Gasteiger partial charge in [0.15, 0.2) is 20.8 Å². The molecule has 2 atom stereocenters. The van der Waals surface area contributed by atoms with Crippen LogP contribution in [0.1, 0.15) is 19.8 Å². The standard InChI is InChI=1S/C14H15NO4S/c1-3-4-10-9-19-14(16)13(10)20(17,18)12-7-5-11(15-2)6-8-12/h5-8,10,13H,3-4,9H2,1H3/t10-,13?/m0/s1. The van der Waals surface area contributed by atoms with Crippen molar-refractivity contribution >= 4 is 21.5 Å². The summed E-state index contributed by atoms with van der Waals surface area (Å²) in [6.07, 6.45) is 1.43. The van der Waals surface area contributed by atoms with Gasteiger partial charge in [0.05, 0.1) is 18.1 Å². The van der Waals surface area contributed by atoms with Crippen molar-refractivity contribution in [1.29, 1.82) is 0 Å². The van der Waals surface area contributed by atoms with Crippen LogP contribution in [0, 0.1) is 12.5 Å². The van der Waals surface area contributed by atoms with Gasteiger partial charge >= 0.3 is 5.97 Å². The van der Waals surface area contributed by atoms with Gasteiger partial charge in [-0.15, -0.1) is 0 Å². The second kappa shape index (κ2) is 5.63. The smallest absolute Gasteiger partial charge is 0.325 e. The summed E-state index contributed by atoms with van der Waals surface area (Å²) in [5.41, 5.74) is 0.364. The van der Waals surface area contributed by atoms with Gasteiger partial charge in [-0.05, 0) is 6.42 Å². The van der Waals surface area contributed by atoms with Crippen LogP contribution >= 0.6 is 0 Å². The van der Waals surface area contributed by atoms with Crippen molar-refractivity contribution in [2.45, 2.75) is 29.9 Å². The largest absolute Gasteiger partial charge is 0.464 e. The monoisotopic (exact) mass is 293 g/mol. The fourth-order valence-corrected chi connectivity index (χ4v) is 4.25. The number of carbonyl (C=O) groups is 1. The van der Waals surface area contributed by atoms with Crippen molar-refractivity contribution < 1.29 is 17.9 Å². The molecule has 1 aliphatic rings. The Morgan fingerprint density at radius 3 is 2.55 bits per heavy atom. The van der Waals surface area contributed by atoms with Gasteiger partial charge in [-0.2, -0.15) is 0 Å². The Kier molecular flexibility index (Phi) is 4.09. The second-order valence-electron chi connectivity index (χ2n) is 4.75. The second-order valence-corrected chi connectivity index (χ2v) is 6.82. The Morgan fingerprint density at radius 1 is 1.35 bits per heavy atom. The number of ether oxygens (including phenoxy) is 1. The highest BCUT2D eigenvalue weighted by Crippen LogP contribution is 2.31. The van der Waals surface area contributed by atoms with Gasteiger partial charge in [0.1, 0.15) is 0 Å². The van der Waals surface area contributed by atoms with Crippen LogP contribution in [0.2, 0.25) is 0 Å². The third kappa shape index (κ3) is 2.54. The van der Waals surface area contributed by atoms with Gasteiger partial charge in [-0.3, -0.25) is 4.79 Å². The first-order valence-corrected chi connectivity index (χ1v) is 7.93. The number of benzene rings is 1. The van der Waals surface area contributed by atoms with Crippen LogP contribution in [0.5, 0.6) is 0 Å². The van der Waals surface area contributed by atoms with Crippen molar-refractivity contribution in [3.63, 3.8) is 0 Å². The lowest BCUT2D eigenvalue weighted by Gasteiger charge is -2.15. The molecule has 0 spiro atoms. The lowest BCUT2D eigenvalue weighted by molar-refractivity contribution is -0.137. The van der Waals surface area contributed by atoms with Crippen LogP contribution in [-0.2, 0) is 19.4 Å². The maximum absolute atomic E-state index is 12.6. The average molecular weight is 293 g/mol. The summed E-state index contributed by atoms with van der Waals surface area (Å²) >= 11 is 0. The first-order valence-electron chi connectivity index (χ1n) is 6.38. The van der Waals surface area contributed by atoms with E-state index >= 15 is 0 Å². The molecule has 20 heavy (non-hydrogen) atoms. The lowest BCUT2D eigenvalue weighted by atomic mass is 10.0. The summed E-state index contributed by atoms with van der Waals surface area (Å²) in [5, 5.41) is -1.12. The van der Waals surface area contributed by atoms with E-state index in [1.54, 1.807) is 0 Å². The Hall–Kier alpha value is -1.87. The number of rotatable bonds is 4. The van der Waals surface area contributed by atoms with Gasteiger partial charge in [-0.1, -0.05) is 37.6 Å². The average Bonchev–Trinajstić information content (AvgIpc) is 2.81. The molecular weight excluding hydrogens is 278 g/mol. The summed E-state index contributed by atoms with van der Waals surface area (Å²) in [5.74, 6) is -0.962. The summed E-state index contributed by atoms with van der Waals surface area (Å²) < 4.78 is 30.0. The summed E-state index contributed by atoms with van der Waals surface area (Å²) in [4.78, 5) is 15.0. The van der Waals surface area contributed by atoms with Gasteiger partial charge in [0.2, 0.25) is 0 Å². The fourth-order valence-electron chi connectivity index (χ4n) is 2.39. The van der Waals surface area contributed by atoms with Gasteiger partial charge < -0.3 is 4.74 Å². The van der Waals surface area contributed by atoms with Gasteiger partial charge in [0, 0.05) is 5.92 Å². The van der Waals surface area contributed by atoms with E-state index in [9.17, 15) is 13.2 Å². The van der Waals surface area contributed by atoms with E-state index in [1.807, 2.05) is 6.92 Å². The van der Waals surface area contributed by atoms with Gasteiger partial charge in [-0.25, -0.2) is 13.3 Å². The lowest BCUT2D eigenvalue weighted by Crippen LogP contribution is -2.32. The molecule has 1 heterocycles. The number of hydrogen-bond donors (Lipinski definition) is 0. The summed E-state index contributed by atoms with van der Waals surface area (Å²) in [7, 11) is -3.76. The molecule has 0 N–H and O–H groups in total. The summed E-state index contributed by atoms with van der Waals surface area (Å²) in [6, 6.07) is 5.62. The van der Waals surface area contributed by atoms with E-state index in [2.05, 4.69) is 4.85 Å². The van der Waals surface area contributed by atoms with Gasteiger partial charge in [0.25, 0.3) is 0 Å². The highest BCUT2D eigenvalue weighted by Gasteiger charge is 2.46. The molecule has 0 amide bonds. The third-order valence-corrected chi connectivity index (χ3v) is 5.56. The zero-order valence-corrected chi connectivity index (χ0v) is 11.9. The van der Waals surface area contributed by atoms with E-state index < -0.39 is 21.1 Å². The minimum absolute atomic E-state index is 0.0647. The van der Waals surface area contributed by atoms with E-state index in [0.717, 1.165) is 6.42 Å². The quantitative estimate of drug-likeness (QED) is 0.631. The predicted octanol–water partition coefficient (Wildman–Crippen LogP) is 2.35. The van der Waals surface area contributed by atoms with E-state index in [0.29, 0.717) is 12.1 Å². The molecule has 6 heteroatoms. The van der Waals surface area contributed by atoms with E-state index in [-0.39, 0.29) is 17.4 Å². The fraction of sp³-hybridized carbons (Fsp3) is 0.429. The maximum Gasteiger partial charge on any atom is 0.325 e. The molecular formula is C14H15NO4S. The Bertz CT molecular complexity index is 643. The molecule has 1 saturated heterocycles. The van der Waals surface area contributed by atoms with Crippen LogP contribution in [0.3, 0.4) is 0 Å². The Balaban J connectivity index is 2.37. The zero-order chi connectivity index (χ0) is 14.8. The molecule has 1 aliphatic heterocycles. The molecule has 1 aromatic carbocycles. The molecule has 2 rings (SSSR count). The van der Waals surface area contributed by atoms with Crippen LogP contribution < -0.4 is 0 Å². The molecule has 0 aliphatic carbocycles. The normalized spacial score (nSPS) is 22.3. The van der Waals surface area contributed by atoms with E-state index in [4.69, 9.17) is 11.3 Å². The highest BCUT2D eigenvalue weighted by atomic mass is 32.2. The predicted molar refractivity (Wildman–Crippen MR) is 73.0 cm³/mol. The minimum atomic E-state index is -3.76. The van der Waals surface area contributed by atoms with Crippen molar-refractivity contribution in [3.8, 4) is 0 Å². The van der Waals surface area contributed by atoms with Crippen molar-refractivity contribution in [3.05, 3.63) is 35.7 Å². The SMILES string of the molecule is [C-]#[N+]c1ccc(S(=O)(=O)C2C(=O)OC[C@@H]2CCC)cc1. The van der Waals surface area contributed by atoms with Crippen LogP contribution in [0.4, 0.5) is 5.69 Å². The Labute approximate surface area is 118 Å². The number of sulfone groups is 1. The van der Waals surface area contributed by atoms with Crippen LogP contribution in [-0.4, -0.2) is 26.2 Å². The van der Waals surface area contributed by atoms with Crippen molar-refractivity contribution in [2.24, 2.45) is 5.92 Å². The first kappa shape index (κ1) is 14.5. The topological polar surface area (TPSA) is 64.8 Å². The first-order chi connectivity index (χ1) is 9.50. The molecule has 0 radical (unpaired) electrons. The number of esters is 1. The minimum Gasteiger partial charge on any atom is -0.464 e. The number of carbonyl (C=O) groups excluding carboxylic acids is 1. The number of nitrogens with zero attached hydrogens (tertiary/aromatic N) is 1. The summed E-state index contributed by atoms with van der Waals surface area (Å²) in [6.45, 7) is 8.96. The molecule has 5 nitrogen and oxygen atoms in total. The molecule has 1 aromatic rings. The molecule has 0 bridgehead atoms. The molecule has 0 saturated carbocycles.